The van der Waals surface area contributed by atoms with Crippen molar-refractivity contribution in [3.63, 3.8) is 0 Å². The van der Waals surface area contributed by atoms with E-state index in [1.165, 1.54) is 25.3 Å². The van der Waals surface area contributed by atoms with Gasteiger partial charge in [0.15, 0.2) is 18.1 Å². The van der Waals surface area contributed by atoms with Crippen LogP contribution in [-0.2, 0) is 9.53 Å². The van der Waals surface area contributed by atoms with E-state index in [0.29, 0.717) is 26.2 Å². The Hall–Kier alpha value is -3.43. The Morgan fingerprint density at radius 1 is 1.10 bits per heavy atom. The molecule has 0 radical (unpaired) electrons. The number of para-hydroxylation sites is 1. The summed E-state index contributed by atoms with van der Waals surface area (Å²) in [6.07, 6.45) is 1.71. The number of piperazine rings is 1. The summed E-state index contributed by atoms with van der Waals surface area (Å²) in [5.74, 6) is -0.966. The molecule has 0 N–H and O–H groups in total. The van der Waals surface area contributed by atoms with Crippen molar-refractivity contribution in [2.45, 2.75) is 6.61 Å². The lowest BCUT2D eigenvalue weighted by atomic mass is 10.2. The van der Waals surface area contributed by atoms with E-state index < -0.39 is 24.9 Å². The first-order valence-electron chi connectivity index (χ1n) is 9.22. The van der Waals surface area contributed by atoms with Crippen molar-refractivity contribution in [3.05, 3.63) is 48.2 Å². The zero-order valence-electron chi connectivity index (χ0n) is 16.3. The number of hydrogen-bond acceptors (Lipinski definition) is 7. The summed E-state index contributed by atoms with van der Waals surface area (Å²) < 4.78 is 39.8. The number of amides is 1. The number of nitrogens with zero attached hydrogens (tertiary/aromatic N) is 3. The van der Waals surface area contributed by atoms with Gasteiger partial charge in [-0.05, 0) is 24.3 Å². The van der Waals surface area contributed by atoms with Crippen molar-refractivity contribution in [2.24, 2.45) is 0 Å². The van der Waals surface area contributed by atoms with Gasteiger partial charge in [-0.15, -0.1) is 0 Å². The van der Waals surface area contributed by atoms with Crippen LogP contribution in [0.25, 0.3) is 0 Å². The lowest BCUT2D eigenvalue weighted by Gasteiger charge is -2.35. The minimum atomic E-state index is -3.15. The van der Waals surface area contributed by atoms with Crippen molar-refractivity contribution in [1.29, 1.82) is 0 Å². The van der Waals surface area contributed by atoms with Crippen molar-refractivity contribution >= 4 is 17.7 Å². The molecule has 3 rings (SSSR count). The van der Waals surface area contributed by atoms with E-state index in [1.807, 2.05) is 18.2 Å². The molecule has 1 amide bonds. The number of alkyl halides is 2. The molecule has 8 nitrogen and oxygen atoms in total. The molecule has 10 heteroatoms. The van der Waals surface area contributed by atoms with Gasteiger partial charge in [-0.1, -0.05) is 12.1 Å². The third kappa shape index (κ3) is 5.13. The van der Waals surface area contributed by atoms with E-state index in [2.05, 4.69) is 14.6 Å². The number of halogens is 2. The third-order valence-corrected chi connectivity index (χ3v) is 4.56. The van der Waals surface area contributed by atoms with Gasteiger partial charge in [0, 0.05) is 32.4 Å². The molecular weight excluding hydrogens is 400 g/mol. The van der Waals surface area contributed by atoms with Crippen LogP contribution in [0.5, 0.6) is 11.5 Å². The van der Waals surface area contributed by atoms with E-state index in [-0.39, 0.29) is 17.2 Å². The average Bonchev–Trinajstić information content (AvgIpc) is 2.77. The highest BCUT2D eigenvalue weighted by atomic mass is 19.3. The number of pyridine rings is 1. The van der Waals surface area contributed by atoms with Gasteiger partial charge in [-0.3, -0.25) is 4.79 Å². The molecule has 1 saturated heterocycles. The fraction of sp³-hybridized carbons (Fsp3) is 0.350. The van der Waals surface area contributed by atoms with E-state index >= 15 is 0 Å². The molecule has 1 aliphatic heterocycles. The summed E-state index contributed by atoms with van der Waals surface area (Å²) in [6.45, 7) is -1.56. The quantitative estimate of drug-likeness (QED) is 0.634. The number of aromatic nitrogens is 1. The topological polar surface area (TPSA) is 81.2 Å². The van der Waals surface area contributed by atoms with Crippen LogP contribution in [0, 0.1) is 0 Å². The number of benzene rings is 1. The monoisotopic (exact) mass is 421 g/mol. The maximum absolute atomic E-state index is 12.7. The number of rotatable bonds is 7. The molecule has 30 heavy (non-hydrogen) atoms. The van der Waals surface area contributed by atoms with Crippen LogP contribution in [0.4, 0.5) is 14.6 Å². The summed E-state index contributed by atoms with van der Waals surface area (Å²) in [7, 11) is 1.26. The number of carbonyl (C=O) groups is 2. The number of anilines is 1. The summed E-state index contributed by atoms with van der Waals surface area (Å²) in [4.78, 5) is 32.7. The van der Waals surface area contributed by atoms with Gasteiger partial charge in [0.05, 0.1) is 7.11 Å². The number of esters is 1. The van der Waals surface area contributed by atoms with Crippen LogP contribution in [0.15, 0.2) is 42.6 Å². The summed E-state index contributed by atoms with van der Waals surface area (Å²) in [5, 5.41) is 0. The van der Waals surface area contributed by atoms with Gasteiger partial charge in [0.2, 0.25) is 0 Å². The maximum atomic E-state index is 12.7. The number of hydrogen-bond donors (Lipinski definition) is 0. The van der Waals surface area contributed by atoms with Crippen LogP contribution < -0.4 is 14.4 Å². The van der Waals surface area contributed by atoms with E-state index in [9.17, 15) is 18.4 Å². The normalized spacial score (nSPS) is 13.9. The zero-order chi connectivity index (χ0) is 21.5. The SMILES string of the molecule is COc1cccc(C(=O)OCC(=O)N2CCN(c3ccccn3)CC2)c1OC(F)F. The highest BCUT2D eigenvalue weighted by Crippen LogP contribution is 2.32. The number of methoxy groups -OCH3 is 1. The molecule has 0 atom stereocenters. The van der Waals surface area contributed by atoms with Crippen LogP contribution in [0.3, 0.4) is 0 Å². The van der Waals surface area contributed by atoms with Gasteiger partial charge in [-0.2, -0.15) is 8.78 Å². The van der Waals surface area contributed by atoms with E-state index in [1.54, 1.807) is 11.1 Å². The Balaban J connectivity index is 1.56. The second kappa shape index (κ2) is 9.86. The highest BCUT2D eigenvalue weighted by Gasteiger charge is 2.25. The predicted octanol–water partition coefficient (Wildman–Crippen LogP) is 2.20. The smallest absolute Gasteiger partial charge is 0.387 e. The Morgan fingerprint density at radius 2 is 1.87 bits per heavy atom. The van der Waals surface area contributed by atoms with Crippen LogP contribution in [0.1, 0.15) is 10.4 Å². The molecule has 0 spiro atoms. The molecule has 0 saturated carbocycles. The molecular formula is C20H21F2N3O5. The second-order valence-corrected chi connectivity index (χ2v) is 6.35. The molecule has 1 aromatic carbocycles. The molecule has 1 aromatic heterocycles. The second-order valence-electron chi connectivity index (χ2n) is 6.35. The maximum Gasteiger partial charge on any atom is 0.387 e. The van der Waals surface area contributed by atoms with Crippen molar-refractivity contribution in [3.8, 4) is 11.5 Å². The molecule has 0 unspecified atom stereocenters. The third-order valence-electron chi connectivity index (χ3n) is 4.56. The molecule has 2 aromatic rings. The average molecular weight is 421 g/mol. The van der Waals surface area contributed by atoms with Crippen LogP contribution >= 0.6 is 0 Å². The van der Waals surface area contributed by atoms with E-state index in [0.717, 1.165) is 5.82 Å². The molecule has 1 aliphatic rings. The Labute approximate surface area is 172 Å². The Morgan fingerprint density at radius 3 is 2.50 bits per heavy atom. The summed E-state index contributed by atoms with van der Waals surface area (Å²) in [6, 6.07) is 9.69. The first-order chi connectivity index (χ1) is 14.5. The minimum absolute atomic E-state index is 0.0401. The van der Waals surface area contributed by atoms with Crippen molar-refractivity contribution in [1.82, 2.24) is 9.88 Å². The predicted molar refractivity (Wildman–Crippen MR) is 103 cm³/mol. The van der Waals surface area contributed by atoms with Crippen LogP contribution in [0.2, 0.25) is 0 Å². The van der Waals surface area contributed by atoms with E-state index in [4.69, 9.17) is 9.47 Å². The first-order valence-corrected chi connectivity index (χ1v) is 9.22. The van der Waals surface area contributed by atoms with Crippen molar-refractivity contribution < 1.29 is 32.6 Å². The molecule has 1 fully saturated rings. The fourth-order valence-corrected chi connectivity index (χ4v) is 3.07. The summed E-state index contributed by atoms with van der Waals surface area (Å²) >= 11 is 0. The number of carbonyl (C=O) groups excluding carboxylic acids is 2. The fourth-order valence-electron chi connectivity index (χ4n) is 3.07. The van der Waals surface area contributed by atoms with Gasteiger partial charge in [-0.25, -0.2) is 9.78 Å². The molecule has 0 aliphatic carbocycles. The zero-order valence-corrected chi connectivity index (χ0v) is 16.3. The highest BCUT2D eigenvalue weighted by molar-refractivity contribution is 5.95. The van der Waals surface area contributed by atoms with Gasteiger partial charge in [0.25, 0.3) is 5.91 Å². The Kier molecular flexibility index (Phi) is 6.99. The minimum Gasteiger partial charge on any atom is -0.493 e. The molecule has 0 bridgehead atoms. The summed E-state index contributed by atoms with van der Waals surface area (Å²) in [5.41, 5.74) is -0.248. The Bertz CT molecular complexity index is 874. The lowest BCUT2D eigenvalue weighted by Crippen LogP contribution is -2.50. The van der Waals surface area contributed by atoms with Crippen LogP contribution in [-0.4, -0.2) is 68.3 Å². The standard InChI is InChI=1S/C20H21F2N3O5/c1-28-15-6-4-5-14(18(15)30-20(21)22)19(27)29-13-17(26)25-11-9-24(10-12-25)16-7-2-3-8-23-16/h2-8,20H,9-13H2,1H3. The van der Waals surface area contributed by atoms with Crippen molar-refractivity contribution in [2.75, 3.05) is 44.8 Å². The number of ether oxygens (including phenoxy) is 3. The largest absolute Gasteiger partial charge is 0.493 e. The van der Waals surface area contributed by atoms with Gasteiger partial charge in [0.1, 0.15) is 11.4 Å². The molecule has 2 heterocycles. The van der Waals surface area contributed by atoms with Gasteiger partial charge < -0.3 is 24.0 Å². The lowest BCUT2D eigenvalue weighted by molar-refractivity contribution is -0.134. The molecule has 160 valence electrons. The van der Waals surface area contributed by atoms with Gasteiger partial charge >= 0.3 is 12.6 Å². The first kappa shape index (κ1) is 21.3.